The number of nitrogens with one attached hydrogen (secondary N) is 1. The molecule has 0 saturated heterocycles. The van der Waals surface area contributed by atoms with Crippen LogP contribution in [-0.2, 0) is 6.54 Å². The molecule has 1 N–H and O–H groups in total. The third kappa shape index (κ3) is 3.76. The molecule has 118 valence electrons. The van der Waals surface area contributed by atoms with Gasteiger partial charge in [-0.25, -0.2) is 14.6 Å². The summed E-state index contributed by atoms with van der Waals surface area (Å²) in [6.45, 7) is 4.97. The van der Waals surface area contributed by atoms with Crippen LogP contribution in [0.2, 0.25) is 0 Å². The van der Waals surface area contributed by atoms with E-state index in [9.17, 15) is 0 Å². The monoisotopic (exact) mass is 371 g/mol. The van der Waals surface area contributed by atoms with Gasteiger partial charge in [0.05, 0.1) is 23.8 Å². The summed E-state index contributed by atoms with van der Waals surface area (Å²) in [6, 6.07) is 10.1. The van der Waals surface area contributed by atoms with Gasteiger partial charge in [0, 0.05) is 18.3 Å². The summed E-state index contributed by atoms with van der Waals surface area (Å²) in [5.41, 5.74) is 3.31. The van der Waals surface area contributed by atoms with Crippen LogP contribution in [-0.4, -0.2) is 19.7 Å². The first-order valence-electron chi connectivity index (χ1n) is 7.49. The number of aromatic nitrogens is 4. The third-order valence-electron chi connectivity index (χ3n) is 3.47. The predicted molar refractivity (Wildman–Crippen MR) is 94.7 cm³/mol. The van der Waals surface area contributed by atoms with E-state index < -0.39 is 0 Å². The smallest absolute Gasteiger partial charge is 0.144 e. The summed E-state index contributed by atoms with van der Waals surface area (Å²) in [7, 11) is 0. The number of rotatable bonds is 5. The van der Waals surface area contributed by atoms with Gasteiger partial charge in [0.25, 0.3) is 0 Å². The van der Waals surface area contributed by atoms with Crippen LogP contribution in [0.3, 0.4) is 0 Å². The van der Waals surface area contributed by atoms with Crippen LogP contribution in [0.4, 0.5) is 5.82 Å². The fourth-order valence-corrected chi connectivity index (χ4v) is 2.55. The summed E-state index contributed by atoms with van der Waals surface area (Å²) in [5.74, 6) is 1.10. The molecule has 0 aliphatic carbocycles. The van der Waals surface area contributed by atoms with Gasteiger partial charge in [-0.1, -0.05) is 32.0 Å². The Morgan fingerprint density at radius 1 is 1.13 bits per heavy atom. The van der Waals surface area contributed by atoms with E-state index in [1.807, 2.05) is 22.9 Å². The minimum atomic E-state index is 0.354. The molecule has 5 nitrogen and oxygen atoms in total. The van der Waals surface area contributed by atoms with Crippen molar-refractivity contribution < 1.29 is 0 Å². The Kier molecular flexibility index (Phi) is 4.71. The van der Waals surface area contributed by atoms with E-state index in [1.54, 1.807) is 12.4 Å². The summed E-state index contributed by atoms with van der Waals surface area (Å²) >= 11 is 3.29. The highest BCUT2D eigenvalue weighted by Crippen LogP contribution is 2.21. The van der Waals surface area contributed by atoms with Crippen LogP contribution in [0, 0.1) is 0 Å². The second-order valence-electron chi connectivity index (χ2n) is 5.55. The molecular weight excluding hydrogens is 354 g/mol. The van der Waals surface area contributed by atoms with Crippen LogP contribution in [0.15, 0.2) is 53.5 Å². The Labute approximate surface area is 143 Å². The number of hydrogen-bond acceptors (Lipinski definition) is 4. The molecule has 0 bridgehead atoms. The van der Waals surface area contributed by atoms with Crippen LogP contribution in [0.25, 0.3) is 5.69 Å². The van der Waals surface area contributed by atoms with E-state index in [2.05, 4.69) is 63.4 Å². The number of para-hydroxylation sites is 1. The minimum absolute atomic E-state index is 0.354. The van der Waals surface area contributed by atoms with Crippen LogP contribution >= 0.6 is 15.9 Å². The molecule has 1 aromatic carbocycles. The number of hydrogen-bond donors (Lipinski definition) is 1. The SMILES string of the molecule is CC(C)c1nn(-c2ccccc2)cc1CNc1cnc(Br)cn1. The summed E-state index contributed by atoms with van der Waals surface area (Å²) in [4.78, 5) is 8.46. The molecule has 0 amide bonds. The van der Waals surface area contributed by atoms with Crippen molar-refractivity contribution in [1.82, 2.24) is 19.7 Å². The zero-order valence-electron chi connectivity index (χ0n) is 13.1. The fraction of sp³-hybridized carbons (Fsp3) is 0.235. The molecule has 6 heteroatoms. The highest BCUT2D eigenvalue weighted by molar-refractivity contribution is 9.10. The molecule has 3 aromatic rings. The highest BCUT2D eigenvalue weighted by atomic mass is 79.9. The van der Waals surface area contributed by atoms with Gasteiger partial charge in [0.2, 0.25) is 0 Å². The van der Waals surface area contributed by atoms with Gasteiger partial charge in [0.1, 0.15) is 10.4 Å². The van der Waals surface area contributed by atoms with Crippen molar-refractivity contribution in [1.29, 1.82) is 0 Å². The normalized spacial score (nSPS) is 11.0. The van der Waals surface area contributed by atoms with Gasteiger partial charge >= 0.3 is 0 Å². The average Bonchev–Trinajstić information content (AvgIpc) is 3.00. The summed E-state index contributed by atoms with van der Waals surface area (Å²) in [5, 5.41) is 8.04. The van der Waals surface area contributed by atoms with Crippen LogP contribution < -0.4 is 5.32 Å². The molecule has 2 heterocycles. The van der Waals surface area contributed by atoms with Gasteiger partial charge in [-0.2, -0.15) is 5.10 Å². The maximum absolute atomic E-state index is 4.74. The number of nitrogens with zero attached hydrogens (tertiary/aromatic N) is 4. The quantitative estimate of drug-likeness (QED) is 0.731. The summed E-state index contributed by atoms with van der Waals surface area (Å²) in [6.07, 6.45) is 5.46. The Balaban J connectivity index is 1.83. The second kappa shape index (κ2) is 6.91. The molecule has 0 unspecified atom stereocenters. The molecule has 23 heavy (non-hydrogen) atoms. The molecule has 0 aliphatic heterocycles. The topological polar surface area (TPSA) is 55.6 Å². The molecule has 0 aliphatic rings. The first-order chi connectivity index (χ1) is 11.1. The van der Waals surface area contributed by atoms with Gasteiger partial charge in [-0.15, -0.1) is 0 Å². The van der Waals surface area contributed by atoms with Gasteiger partial charge in [0.15, 0.2) is 0 Å². The Hall–Kier alpha value is -2.21. The van der Waals surface area contributed by atoms with Crippen molar-refractivity contribution in [3.8, 4) is 5.69 Å². The second-order valence-corrected chi connectivity index (χ2v) is 6.36. The van der Waals surface area contributed by atoms with E-state index in [-0.39, 0.29) is 0 Å². The van der Waals surface area contributed by atoms with Crippen molar-refractivity contribution in [2.24, 2.45) is 0 Å². The van der Waals surface area contributed by atoms with Crippen molar-refractivity contribution in [3.05, 3.63) is 64.8 Å². The van der Waals surface area contributed by atoms with Crippen molar-refractivity contribution in [2.45, 2.75) is 26.3 Å². The number of benzene rings is 1. The zero-order chi connectivity index (χ0) is 16.2. The van der Waals surface area contributed by atoms with Gasteiger partial charge in [-0.05, 0) is 34.0 Å². The molecule has 0 fully saturated rings. The number of halogens is 1. The first-order valence-corrected chi connectivity index (χ1v) is 8.28. The van der Waals surface area contributed by atoms with E-state index in [4.69, 9.17) is 5.10 Å². The Bertz CT molecular complexity index is 765. The lowest BCUT2D eigenvalue weighted by Gasteiger charge is -2.07. The minimum Gasteiger partial charge on any atom is -0.365 e. The first kappa shape index (κ1) is 15.7. The maximum atomic E-state index is 4.74. The molecular formula is C17H18BrN5. The van der Waals surface area contributed by atoms with Crippen LogP contribution in [0.1, 0.15) is 31.0 Å². The zero-order valence-corrected chi connectivity index (χ0v) is 14.7. The van der Waals surface area contributed by atoms with Crippen molar-refractivity contribution in [3.63, 3.8) is 0 Å². The average molecular weight is 372 g/mol. The predicted octanol–water partition coefficient (Wildman–Crippen LogP) is 4.16. The highest BCUT2D eigenvalue weighted by Gasteiger charge is 2.13. The molecule has 0 spiro atoms. The van der Waals surface area contributed by atoms with E-state index >= 15 is 0 Å². The fourth-order valence-electron chi connectivity index (χ4n) is 2.35. The molecule has 3 rings (SSSR count). The third-order valence-corrected chi connectivity index (χ3v) is 3.88. The lowest BCUT2D eigenvalue weighted by Crippen LogP contribution is -2.04. The molecule has 2 aromatic heterocycles. The largest absolute Gasteiger partial charge is 0.365 e. The van der Waals surface area contributed by atoms with Gasteiger partial charge < -0.3 is 5.32 Å². The number of anilines is 1. The molecule has 0 saturated carbocycles. The lowest BCUT2D eigenvalue weighted by molar-refractivity contribution is 0.763. The lowest BCUT2D eigenvalue weighted by atomic mass is 10.1. The van der Waals surface area contributed by atoms with E-state index in [0.717, 1.165) is 27.4 Å². The standard InChI is InChI=1S/C17H18BrN5/c1-12(2)17-13(8-20-16-10-19-15(18)9-21-16)11-23(22-17)14-6-4-3-5-7-14/h3-7,9-12H,8H2,1-2H3,(H,20,21). The van der Waals surface area contributed by atoms with Crippen molar-refractivity contribution >= 4 is 21.7 Å². The van der Waals surface area contributed by atoms with E-state index in [1.165, 1.54) is 0 Å². The van der Waals surface area contributed by atoms with E-state index in [0.29, 0.717) is 12.5 Å². The summed E-state index contributed by atoms with van der Waals surface area (Å²) < 4.78 is 2.65. The van der Waals surface area contributed by atoms with Gasteiger partial charge in [-0.3, -0.25) is 0 Å². The Morgan fingerprint density at radius 3 is 2.57 bits per heavy atom. The Morgan fingerprint density at radius 2 is 1.91 bits per heavy atom. The molecule has 0 atom stereocenters. The maximum Gasteiger partial charge on any atom is 0.144 e. The van der Waals surface area contributed by atoms with Crippen molar-refractivity contribution in [2.75, 3.05) is 5.32 Å². The van der Waals surface area contributed by atoms with Crippen LogP contribution in [0.5, 0.6) is 0 Å². The molecule has 0 radical (unpaired) electrons.